The highest BCUT2D eigenvalue weighted by atomic mass is 19.4. The highest BCUT2D eigenvalue weighted by Gasteiger charge is 2.30. The molecule has 0 bridgehead atoms. The van der Waals surface area contributed by atoms with Crippen LogP contribution >= 0.6 is 0 Å². The predicted octanol–water partition coefficient (Wildman–Crippen LogP) is 4.37. The average molecular weight is 441 g/mol. The minimum Gasteiger partial charge on any atom is -0.489 e. The lowest BCUT2D eigenvalue weighted by Crippen LogP contribution is -2.32. The quantitative estimate of drug-likeness (QED) is 0.339. The zero-order chi connectivity index (χ0) is 23.0. The van der Waals surface area contributed by atoms with Crippen LogP contribution in [0.15, 0.2) is 84.0 Å². The number of nitrogens with one attached hydrogen (secondary N) is 2. The molecule has 0 aliphatic carbocycles. The van der Waals surface area contributed by atoms with E-state index in [0.717, 1.165) is 23.8 Å². The van der Waals surface area contributed by atoms with Crippen molar-refractivity contribution in [3.8, 4) is 5.75 Å². The molecule has 3 aromatic carbocycles. The van der Waals surface area contributed by atoms with Gasteiger partial charge in [-0.3, -0.25) is 9.59 Å². The number of rotatable bonds is 6. The molecule has 0 atom stereocenters. The zero-order valence-electron chi connectivity index (χ0n) is 16.6. The maximum Gasteiger partial charge on any atom is 0.416 e. The molecule has 6 nitrogen and oxygen atoms in total. The number of hydrogen-bond donors (Lipinski definition) is 2. The average Bonchev–Trinajstić information content (AvgIpc) is 2.78. The van der Waals surface area contributed by atoms with Crippen LogP contribution in [0.3, 0.4) is 0 Å². The Morgan fingerprint density at radius 1 is 0.906 bits per heavy atom. The van der Waals surface area contributed by atoms with E-state index in [1.54, 1.807) is 24.3 Å². The molecular formula is C23H18F3N3O3. The van der Waals surface area contributed by atoms with Crippen molar-refractivity contribution < 1.29 is 27.5 Å². The first kappa shape index (κ1) is 22.5. The van der Waals surface area contributed by atoms with Crippen LogP contribution in [-0.4, -0.2) is 18.0 Å². The highest BCUT2D eigenvalue weighted by Crippen LogP contribution is 2.30. The first-order valence-electron chi connectivity index (χ1n) is 9.40. The van der Waals surface area contributed by atoms with E-state index in [1.165, 1.54) is 12.3 Å². The molecule has 3 aromatic rings. The summed E-state index contributed by atoms with van der Waals surface area (Å²) in [6.07, 6.45) is -3.25. The van der Waals surface area contributed by atoms with Gasteiger partial charge in [-0.25, -0.2) is 5.43 Å². The SMILES string of the molecule is O=C(N/N=C/c1cccc(OCc2ccccc2)c1)C(=O)Nc1cccc(C(F)(F)F)c1. The number of halogens is 3. The van der Waals surface area contributed by atoms with Crippen molar-refractivity contribution in [2.45, 2.75) is 12.8 Å². The summed E-state index contributed by atoms with van der Waals surface area (Å²) in [5.41, 5.74) is 2.54. The van der Waals surface area contributed by atoms with Gasteiger partial charge < -0.3 is 10.1 Å². The fourth-order valence-corrected chi connectivity index (χ4v) is 2.60. The summed E-state index contributed by atoms with van der Waals surface area (Å²) in [6, 6.07) is 20.5. The third-order valence-electron chi connectivity index (χ3n) is 4.14. The van der Waals surface area contributed by atoms with Crippen molar-refractivity contribution in [3.05, 3.63) is 95.6 Å². The molecule has 0 spiro atoms. The van der Waals surface area contributed by atoms with Crippen LogP contribution in [0, 0.1) is 0 Å². The second kappa shape index (κ2) is 10.3. The second-order valence-electron chi connectivity index (χ2n) is 6.58. The molecule has 3 rings (SSSR count). The summed E-state index contributed by atoms with van der Waals surface area (Å²) in [7, 11) is 0. The molecule has 0 aliphatic heterocycles. The van der Waals surface area contributed by atoms with Crippen molar-refractivity contribution in [3.63, 3.8) is 0 Å². The van der Waals surface area contributed by atoms with Gasteiger partial charge in [-0.05, 0) is 41.5 Å². The topological polar surface area (TPSA) is 79.8 Å². The maximum atomic E-state index is 12.7. The van der Waals surface area contributed by atoms with E-state index in [0.29, 0.717) is 17.9 Å². The molecule has 0 aromatic heterocycles. The number of carbonyl (C=O) groups is 2. The molecule has 2 N–H and O–H groups in total. The van der Waals surface area contributed by atoms with Crippen LogP contribution in [0.5, 0.6) is 5.75 Å². The van der Waals surface area contributed by atoms with Crippen LogP contribution in [0.4, 0.5) is 18.9 Å². The minimum atomic E-state index is -4.56. The number of ether oxygens (including phenoxy) is 1. The fourth-order valence-electron chi connectivity index (χ4n) is 2.60. The molecule has 0 fully saturated rings. The Bertz CT molecular complexity index is 1120. The van der Waals surface area contributed by atoms with Crippen LogP contribution in [0.2, 0.25) is 0 Å². The Hall–Kier alpha value is -4.14. The Balaban J connectivity index is 1.53. The van der Waals surface area contributed by atoms with Gasteiger partial charge in [-0.1, -0.05) is 48.5 Å². The Morgan fingerprint density at radius 3 is 2.41 bits per heavy atom. The first-order chi connectivity index (χ1) is 15.3. The second-order valence-corrected chi connectivity index (χ2v) is 6.58. The van der Waals surface area contributed by atoms with E-state index < -0.39 is 23.6 Å². The van der Waals surface area contributed by atoms with Gasteiger partial charge in [0.1, 0.15) is 12.4 Å². The number of benzene rings is 3. The van der Waals surface area contributed by atoms with Crippen LogP contribution in [-0.2, 0) is 22.4 Å². The largest absolute Gasteiger partial charge is 0.489 e. The molecule has 32 heavy (non-hydrogen) atoms. The first-order valence-corrected chi connectivity index (χ1v) is 9.40. The number of amides is 2. The van der Waals surface area contributed by atoms with E-state index in [4.69, 9.17) is 4.74 Å². The molecule has 0 unspecified atom stereocenters. The number of hydrogen-bond acceptors (Lipinski definition) is 4. The lowest BCUT2D eigenvalue weighted by atomic mass is 10.2. The van der Waals surface area contributed by atoms with Crippen molar-refractivity contribution in [2.24, 2.45) is 5.10 Å². The summed E-state index contributed by atoms with van der Waals surface area (Å²) < 4.78 is 43.9. The number of nitrogens with zero attached hydrogens (tertiary/aromatic N) is 1. The summed E-state index contributed by atoms with van der Waals surface area (Å²) in [4.78, 5) is 23.8. The zero-order valence-corrected chi connectivity index (χ0v) is 16.6. The maximum absolute atomic E-state index is 12.7. The molecule has 0 saturated carbocycles. The van der Waals surface area contributed by atoms with Crippen LogP contribution in [0.1, 0.15) is 16.7 Å². The Kier molecular flexibility index (Phi) is 7.22. The summed E-state index contributed by atoms with van der Waals surface area (Å²) in [5.74, 6) is -1.69. The van der Waals surface area contributed by atoms with Gasteiger partial charge in [-0.15, -0.1) is 0 Å². The van der Waals surface area contributed by atoms with Crippen LogP contribution < -0.4 is 15.5 Å². The molecule has 2 amide bonds. The minimum absolute atomic E-state index is 0.160. The van der Waals surface area contributed by atoms with E-state index in [1.807, 2.05) is 35.8 Å². The molecule has 0 heterocycles. The standard InChI is InChI=1S/C23H18F3N3O3/c24-23(25,26)18-9-5-10-19(13-18)28-21(30)22(31)29-27-14-17-8-4-11-20(12-17)32-15-16-6-2-1-3-7-16/h1-14H,15H2,(H,28,30)(H,29,31)/b27-14+. The Morgan fingerprint density at radius 2 is 1.66 bits per heavy atom. The monoisotopic (exact) mass is 441 g/mol. The van der Waals surface area contributed by atoms with E-state index >= 15 is 0 Å². The number of alkyl halides is 3. The molecule has 0 aliphatic rings. The van der Waals surface area contributed by atoms with Gasteiger partial charge in [0.2, 0.25) is 0 Å². The van der Waals surface area contributed by atoms with Gasteiger partial charge in [0.15, 0.2) is 0 Å². The van der Waals surface area contributed by atoms with Gasteiger partial charge >= 0.3 is 18.0 Å². The summed E-state index contributed by atoms with van der Waals surface area (Å²) >= 11 is 0. The number of hydrazone groups is 1. The predicted molar refractivity (Wildman–Crippen MR) is 113 cm³/mol. The third-order valence-corrected chi connectivity index (χ3v) is 4.14. The molecular weight excluding hydrogens is 423 g/mol. The fraction of sp³-hybridized carbons (Fsp3) is 0.0870. The lowest BCUT2D eigenvalue weighted by molar-refractivity contribution is -0.137. The smallest absolute Gasteiger partial charge is 0.416 e. The van der Waals surface area contributed by atoms with E-state index in [2.05, 4.69) is 10.4 Å². The van der Waals surface area contributed by atoms with Crippen molar-refractivity contribution in [1.82, 2.24) is 5.43 Å². The van der Waals surface area contributed by atoms with Crippen molar-refractivity contribution in [1.29, 1.82) is 0 Å². The van der Waals surface area contributed by atoms with Gasteiger partial charge in [0.05, 0.1) is 11.8 Å². The lowest BCUT2D eigenvalue weighted by Gasteiger charge is -2.09. The van der Waals surface area contributed by atoms with Gasteiger partial charge in [0.25, 0.3) is 0 Å². The molecule has 0 saturated heterocycles. The van der Waals surface area contributed by atoms with Gasteiger partial charge in [-0.2, -0.15) is 18.3 Å². The highest BCUT2D eigenvalue weighted by molar-refractivity contribution is 6.39. The number of carbonyl (C=O) groups excluding carboxylic acids is 2. The van der Waals surface area contributed by atoms with Crippen molar-refractivity contribution in [2.75, 3.05) is 5.32 Å². The van der Waals surface area contributed by atoms with Gasteiger partial charge in [0, 0.05) is 5.69 Å². The molecule has 9 heteroatoms. The van der Waals surface area contributed by atoms with Crippen molar-refractivity contribution >= 4 is 23.7 Å². The van der Waals surface area contributed by atoms with E-state index in [9.17, 15) is 22.8 Å². The normalized spacial score (nSPS) is 11.2. The third kappa shape index (κ3) is 6.69. The molecule has 0 radical (unpaired) electrons. The number of anilines is 1. The summed E-state index contributed by atoms with van der Waals surface area (Å²) in [5, 5.41) is 5.80. The summed E-state index contributed by atoms with van der Waals surface area (Å²) in [6.45, 7) is 0.383. The Labute approximate surface area is 181 Å². The molecule has 164 valence electrons. The van der Waals surface area contributed by atoms with Crippen LogP contribution in [0.25, 0.3) is 0 Å². The van der Waals surface area contributed by atoms with E-state index in [-0.39, 0.29) is 5.69 Å².